The molecule has 2 rings (SSSR count). The zero-order valence-electron chi connectivity index (χ0n) is 12.8. The molecule has 1 heterocycles. The Hall–Kier alpha value is -2.23. The Balaban J connectivity index is 1.96. The maximum absolute atomic E-state index is 5.59. The maximum Gasteiger partial charge on any atom is 0.213 e. The Bertz CT molecular complexity index is 538. The second-order valence-electron chi connectivity index (χ2n) is 4.87. The summed E-state index contributed by atoms with van der Waals surface area (Å²) in [6, 6.07) is 12.2. The normalized spacial score (nSPS) is 11.8. The number of rotatable bonds is 7. The van der Waals surface area contributed by atoms with Gasteiger partial charge < -0.3 is 14.8 Å². The van der Waals surface area contributed by atoms with Crippen LogP contribution in [0, 0.1) is 0 Å². The van der Waals surface area contributed by atoms with E-state index in [1.165, 1.54) is 5.56 Å². The van der Waals surface area contributed by atoms with Crippen molar-refractivity contribution in [3.63, 3.8) is 0 Å². The van der Waals surface area contributed by atoms with Gasteiger partial charge in [0.1, 0.15) is 5.75 Å². The number of methoxy groups -OCH3 is 1. The summed E-state index contributed by atoms with van der Waals surface area (Å²) in [5.41, 5.74) is 2.17. The Kier molecular flexibility index (Phi) is 5.43. The van der Waals surface area contributed by atoms with E-state index in [4.69, 9.17) is 9.47 Å². The van der Waals surface area contributed by atoms with Gasteiger partial charge >= 0.3 is 0 Å². The third kappa shape index (κ3) is 4.38. The summed E-state index contributed by atoms with van der Waals surface area (Å²) in [4.78, 5) is 4.19. The van der Waals surface area contributed by atoms with Gasteiger partial charge in [-0.1, -0.05) is 19.1 Å². The molecule has 0 aliphatic heterocycles. The van der Waals surface area contributed by atoms with Crippen LogP contribution in [0.3, 0.4) is 0 Å². The van der Waals surface area contributed by atoms with E-state index in [0.717, 1.165) is 24.5 Å². The highest BCUT2D eigenvalue weighted by Crippen LogP contribution is 2.22. The van der Waals surface area contributed by atoms with E-state index < -0.39 is 0 Å². The van der Waals surface area contributed by atoms with E-state index in [1.54, 1.807) is 13.3 Å². The molecule has 21 heavy (non-hydrogen) atoms. The van der Waals surface area contributed by atoms with Gasteiger partial charge in [-0.3, -0.25) is 0 Å². The summed E-state index contributed by atoms with van der Waals surface area (Å²) in [5.74, 6) is 1.53. The fraction of sp³-hybridized carbons (Fsp3) is 0.353. The molecule has 1 N–H and O–H groups in total. The fourth-order valence-electron chi connectivity index (χ4n) is 1.99. The zero-order chi connectivity index (χ0) is 15.1. The van der Waals surface area contributed by atoms with Crippen LogP contribution in [0.15, 0.2) is 42.6 Å². The molecular weight excluding hydrogens is 264 g/mol. The third-order valence-electron chi connectivity index (χ3n) is 3.18. The number of anilines is 1. The zero-order valence-corrected chi connectivity index (χ0v) is 12.8. The average molecular weight is 286 g/mol. The largest absolute Gasteiger partial charge is 0.494 e. The molecule has 0 bridgehead atoms. The smallest absolute Gasteiger partial charge is 0.213 e. The minimum absolute atomic E-state index is 0.195. The Morgan fingerprint density at radius 2 is 1.90 bits per heavy atom. The first-order valence-electron chi connectivity index (χ1n) is 7.22. The highest BCUT2D eigenvalue weighted by atomic mass is 16.5. The molecule has 0 aliphatic carbocycles. The second kappa shape index (κ2) is 7.53. The van der Waals surface area contributed by atoms with Crippen molar-refractivity contribution in [3.8, 4) is 11.6 Å². The molecule has 0 fully saturated rings. The molecule has 1 unspecified atom stereocenters. The Labute approximate surface area is 126 Å². The van der Waals surface area contributed by atoms with Crippen molar-refractivity contribution in [3.05, 3.63) is 48.2 Å². The van der Waals surface area contributed by atoms with E-state index in [-0.39, 0.29) is 6.04 Å². The molecule has 0 saturated heterocycles. The van der Waals surface area contributed by atoms with Crippen molar-refractivity contribution in [1.29, 1.82) is 0 Å². The van der Waals surface area contributed by atoms with E-state index in [2.05, 4.69) is 36.3 Å². The number of pyridine rings is 1. The summed E-state index contributed by atoms with van der Waals surface area (Å²) in [6.45, 7) is 4.97. The summed E-state index contributed by atoms with van der Waals surface area (Å²) in [6.07, 6.45) is 2.79. The van der Waals surface area contributed by atoms with Crippen molar-refractivity contribution in [2.24, 2.45) is 0 Å². The van der Waals surface area contributed by atoms with Crippen molar-refractivity contribution < 1.29 is 9.47 Å². The number of nitrogens with one attached hydrogen (secondary N) is 1. The Morgan fingerprint density at radius 1 is 1.14 bits per heavy atom. The van der Waals surface area contributed by atoms with Gasteiger partial charge in [0.15, 0.2) is 0 Å². The molecule has 1 aromatic heterocycles. The van der Waals surface area contributed by atoms with Crippen LogP contribution in [0.1, 0.15) is 31.9 Å². The molecule has 0 aliphatic rings. The van der Waals surface area contributed by atoms with Gasteiger partial charge in [-0.25, -0.2) is 4.98 Å². The minimum Gasteiger partial charge on any atom is -0.494 e. The topological polar surface area (TPSA) is 43.4 Å². The molecular formula is C17H22N2O2. The lowest BCUT2D eigenvalue weighted by Crippen LogP contribution is -2.07. The van der Waals surface area contributed by atoms with Crippen LogP contribution in [-0.4, -0.2) is 18.7 Å². The predicted molar refractivity (Wildman–Crippen MR) is 85.1 cm³/mol. The number of nitrogens with zero attached hydrogens (tertiary/aromatic N) is 1. The number of hydrogen-bond acceptors (Lipinski definition) is 4. The van der Waals surface area contributed by atoms with Crippen LogP contribution in [0.25, 0.3) is 0 Å². The van der Waals surface area contributed by atoms with E-state index >= 15 is 0 Å². The van der Waals surface area contributed by atoms with Crippen LogP contribution in [0.5, 0.6) is 11.6 Å². The molecule has 1 aromatic carbocycles. The summed E-state index contributed by atoms with van der Waals surface area (Å²) >= 11 is 0. The molecule has 0 amide bonds. The van der Waals surface area contributed by atoms with Gasteiger partial charge in [-0.15, -0.1) is 0 Å². The maximum atomic E-state index is 5.59. The first-order valence-corrected chi connectivity index (χ1v) is 7.22. The van der Waals surface area contributed by atoms with Crippen LogP contribution >= 0.6 is 0 Å². The average Bonchev–Trinajstić information content (AvgIpc) is 2.54. The molecule has 0 spiro atoms. The van der Waals surface area contributed by atoms with Crippen molar-refractivity contribution in [1.82, 2.24) is 4.98 Å². The van der Waals surface area contributed by atoms with Gasteiger partial charge in [-0.2, -0.15) is 0 Å². The van der Waals surface area contributed by atoms with Gasteiger partial charge in [-0.05, 0) is 37.1 Å². The minimum atomic E-state index is 0.195. The SMILES string of the molecule is CCCOc1ccc(C(C)Nc2ccc(OC)nc2)cc1. The van der Waals surface area contributed by atoms with E-state index in [1.807, 2.05) is 24.3 Å². The monoisotopic (exact) mass is 286 g/mol. The lowest BCUT2D eigenvalue weighted by atomic mass is 10.1. The van der Waals surface area contributed by atoms with Crippen molar-refractivity contribution in [2.45, 2.75) is 26.3 Å². The molecule has 112 valence electrons. The summed E-state index contributed by atoms with van der Waals surface area (Å²) in [5, 5.41) is 3.41. The quantitative estimate of drug-likeness (QED) is 0.834. The van der Waals surface area contributed by atoms with Crippen LogP contribution < -0.4 is 14.8 Å². The molecule has 0 saturated carbocycles. The molecule has 4 heteroatoms. The van der Waals surface area contributed by atoms with Crippen molar-refractivity contribution >= 4 is 5.69 Å². The molecule has 1 atom stereocenters. The van der Waals surface area contributed by atoms with E-state index in [0.29, 0.717) is 5.88 Å². The number of hydrogen-bond donors (Lipinski definition) is 1. The highest BCUT2D eigenvalue weighted by Gasteiger charge is 2.06. The van der Waals surface area contributed by atoms with Crippen molar-refractivity contribution in [2.75, 3.05) is 19.0 Å². The highest BCUT2D eigenvalue weighted by molar-refractivity contribution is 5.45. The lowest BCUT2D eigenvalue weighted by Gasteiger charge is -2.16. The first kappa shape index (κ1) is 15.2. The van der Waals surface area contributed by atoms with Crippen LogP contribution in [0.4, 0.5) is 5.69 Å². The molecule has 2 aromatic rings. The van der Waals surface area contributed by atoms with Gasteiger partial charge in [0.25, 0.3) is 0 Å². The van der Waals surface area contributed by atoms with Crippen LogP contribution in [-0.2, 0) is 0 Å². The number of aromatic nitrogens is 1. The van der Waals surface area contributed by atoms with Crippen LogP contribution in [0.2, 0.25) is 0 Å². The Morgan fingerprint density at radius 3 is 2.48 bits per heavy atom. The third-order valence-corrected chi connectivity index (χ3v) is 3.18. The fourth-order valence-corrected chi connectivity index (χ4v) is 1.99. The lowest BCUT2D eigenvalue weighted by molar-refractivity contribution is 0.317. The second-order valence-corrected chi connectivity index (χ2v) is 4.87. The number of ether oxygens (including phenoxy) is 2. The van der Waals surface area contributed by atoms with Gasteiger partial charge in [0.05, 0.1) is 25.6 Å². The summed E-state index contributed by atoms with van der Waals surface area (Å²) in [7, 11) is 1.61. The van der Waals surface area contributed by atoms with Gasteiger partial charge in [0, 0.05) is 12.1 Å². The summed E-state index contributed by atoms with van der Waals surface area (Å²) < 4.78 is 10.6. The van der Waals surface area contributed by atoms with Gasteiger partial charge in [0.2, 0.25) is 5.88 Å². The number of benzene rings is 1. The van der Waals surface area contributed by atoms with E-state index in [9.17, 15) is 0 Å². The molecule has 0 radical (unpaired) electrons. The molecule has 4 nitrogen and oxygen atoms in total. The predicted octanol–water partition coefficient (Wildman–Crippen LogP) is 4.05. The standard InChI is InChI=1S/C17H22N2O2/c1-4-11-21-16-8-5-14(6-9-16)13(2)19-15-7-10-17(20-3)18-12-15/h5-10,12-13,19H,4,11H2,1-3H3. The first-order chi connectivity index (χ1) is 10.2.